The molecule has 1 aliphatic carbocycles. The van der Waals surface area contributed by atoms with Crippen molar-refractivity contribution in [3.8, 4) is 10.4 Å². The van der Waals surface area contributed by atoms with Crippen molar-refractivity contribution in [2.45, 2.75) is 38.1 Å². The number of nitrogens with two attached hydrogens (primary N) is 1. The highest BCUT2D eigenvalue weighted by Gasteiger charge is 2.22. The fraction of sp³-hybridized carbons (Fsp3) is 0.333. The zero-order chi connectivity index (χ0) is 17.8. The summed E-state index contributed by atoms with van der Waals surface area (Å²) >= 11 is 1.21. The summed E-state index contributed by atoms with van der Waals surface area (Å²) in [5.74, 6) is -0.591. The number of nitrogens with one attached hydrogen (secondary N) is 2. The maximum absolute atomic E-state index is 13.5. The molecule has 0 aliphatic heterocycles. The summed E-state index contributed by atoms with van der Waals surface area (Å²) in [6, 6.07) is 7.18. The van der Waals surface area contributed by atoms with E-state index in [0.29, 0.717) is 21.0 Å². The maximum atomic E-state index is 13.5. The minimum absolute atomic E-state index is 0.155. The Hall–Kier alpha value is -2.41. The summed E-state index contributed by atoms with van der Waals surface area (Å²) in [7, 11) is 0. The number of urea groups is 1. The van der Waals surface area contributed by atoms with Gasteiger partial charge >= 0.3 is 6.03 Å². The van der Waals surface area contributed by atoms with E-state index in [2.05, 4.69) is 10.6 Å². The van der Waals surface area contributed by atoms with Crippen molar-refractivity contribution in [1.82, 2.24) is 5.32 Å². The average molecular weight is 361 g/mol. The molecule has 3 rings (SSSR count). The van der Waals surface area contributed by atoms with E-state index in [4.69, 9.17) is 5.73 Å². The van der Waals surface area contributed by atoms with Gasteiger partial charge < -0.3 is 16.4 Å². The lowest BCUT2D eigenvalue weighted by Gasteiger charge is -2.22. The van der Waals surface area contributed by atoms with E-state index < -0.39 is 6.03 Å². The Morgan fingerprint density at radius 2 is 1.92 bits per heavy atom. The molecule has 1 heterocycles. The first kappa shape index (κ1) is 17.4. The van der Waals surface area contributed by atoms with Crippen LogP contribution < -0.4 is 16.4 Å². The van der Waals surface area contributed by atoms with E-state index in [-0.39, 0.29) is 17.8 Å². The minimum atomic E-state index is -0.740. The number of primary amides is 1. The van der Waals surface area contributed by atoms with Gasteiger partial charge in [-0.1, -0.05) is 31.4 Å². The van der Waals surface area contributed by atoms with Crippen LogP contribution in [0.3, 0.4) is 0 Å². The molecule has 1 aromatic carbocycles. The van der Waals surface area contributed by atoms with Crippen molar-refractivity contribution in [1.29, 1.82) is 0 Å². The van der Waals surface area contributed by atoms with Crippen LogP contribution in [0.15, 0.2) is 30.3 Å². The zero-order valence-corrected chi connectivity index (χ0v) is 14.5. The predicted octanol–water partition coefficient (Wildman–Crippen LogP) is 4.11. The van der Waals surface area contributed by atoms with Gasteiger partial charge in [0.05, 0.1) is 5.69 Å². The van der Waals surface area contributed by atoms with Gasteiger partial charge in [-0.25, -0.2) is 9.18 Å². The van der Waals surface area contributed by atoms with E-state index in [1.54, 1.807) is 18.2 Å². The standard InChI is InChI=1S/C18H20FN3O2S/c19-12-6-4-5-11(9-12)15-10-14(22-18(20)24)16(25-15)17(23)21-13-7-2-1-3-8-13/h4-6,9-10,13H,1-3,7-8H2,(H,21,23)(H3,20,22,24). The Labute approximate surface area is 149 Å². The first-order chi connectivity index (χ1) is 12.0. The molecule has 1 saturated carbocycles. The summed E-state index contributed by atoms with van der Waals surface area (Å²) in [5.41, 5.74) is 6.21. The van der Waals surface area contributed by atoms with Gasteiger partial charge in [0.1, 0.15) is 10.7 Å². The highest BCUT2D eigenvalue weighted by molar-refractivity contribution is 7.18. The Morgan fingerprint density at radius 3 is 2.60 bits per heavy atom. The smallest absolute Gasteiger partial charge is 0.316 e. The first-order valence-corrected chi connectivity index (χ1v) is 9.11. The van der Waals surface area contributed by atoms with Crippen LogP contribution in [-0.2, 0) is 0 Å². The highest BCUT2D eigenvalue weighted by atomic mass is 32.1. The van der Waals surface area contributed by atoms with E-state index in [1.165, 1.54) is 29.9 Å². The molecule has 5 nitrogen and oxygen atoms in total. The number of hydrogen-bond donors (Lipinski definition) is 3. The molecular formula is C18H20FN3O2S. The summed E-state index contributed by atoms with van der Waals surface area (Å²) in [6.07, 6.45) is 5.34. The van der Waals surface area contributed by atoms with E-state index in [9.17, 15) is 14.0 Å². The number of carbonyl (C=O) groups excluding carboxylic acids is 2. The Morgan fingerprint density at radius 1 is 1.16 bits per heavy atom. The fourth-order valence-corrected chi connectivity index (χ4v) is 4.08. The molecule has 2 aromatic rings. The number of halogens is 1. The van der Waals surface area contributed by atoms with Gasteiger partial charge in [-0.3, -0.25) is 4.79 Å². The third-order valence-corrected chi connectivity index (χ3v) is 5.43. The van der Waals surface area contributed by atoms with Crippen LogP contribution in [0, 0.1) is 5.82 Å². The topological polar surface area (TPSA) is 84.2 Å². The van der Waals surface area contributed by atoms with Crippen molar-refractivity contribution < 1.29 is 14.0 Å². The number of thiophene rings is 1. The van der Waals surface area contributed by atoms with Crippen LogP contribution in [0.2, 0.25) is 0 Å². The Kier molecular flexibility index (Phi) is 5.33. The van der Waals surface area contributed by atoms with Crippen LogP contribution in [0.5, 0.6) is 0 Å². The fourth-order valence-electron chi connectivity index (χ4n) is 3.07. The van der Waals surface area contributed by atoms with Gasteiger partial charge in [0.15, 0.2) is 0 Å². The van der Waals surface area contributed by atoms with Crippen LogP contribution in [0.25, 0.3) is 10.4 Å². The molecule has 0 spiro atoms. The maximum Gasteiger partial charge on any atom is 0.316 e. The molecule has 132 valence electrons. The van der Waals surface area contributed by atoms with Gasteiger partial charge in [-0.15, -0.1) is 11.3 Å². The quantitative estimate of drug-likeness (QED) is 0.766. The third kappa shape index (κ3) is 4.36. The largest absolute Gasteiger partial charge is 0.351 e. The summed E-state index contributed by atoms with van der Waals surface area (Å²) < 4.78 is 13.5. The Bertz CT molecular complexity index is 784. The first-order valence-electron chi connectivity index (χ1n) is 8.30. The molecule has 1 aromatic heterocycles. The lowest BCUT2D eigenvalue weighted by Crippen LogP contribution is -2.36. The number of anilines is 1. The van der Waals surface area contributed by atoms with Gasteiger partial charge in [-0.05, 0) is 36.6 Å². The Balaban J connectivity index is 1.87. The molecule has 0 unspecified atom stereocenters. The van der Waals surface area contributed by atoms with Crippen LogP contribution >= 0.6 is 11.3 Å². The van der Waals surface area contributed by atoms with Crippen LogP contribution in [0.4, 0.5) is 14.9 Å². The van der Waals surface area contributed by atoms with E-state index >= 15 is 0 Å². The van der Waals surface area contributed by atoms with Crippen molar-refractivity contribution in [2.75, 3.05) is 5.32 Å². The lowest BCUT2D eigenvalue weighted by atomic mass is 9.95. The zero-order valence-electron chi connectivity index (χ0n) is 13.7. The minimum Gasteiger partial charge on any atom is -0.351 e. The number of benzene rings is 1. The molecule has 25 heavy (non-hydrogen) atoms. The number of carbonyl (C=O) groups is 2. The second-order valence-corrected chi connectivity index (χ2v) is 7.21. The van der Waals surface area contributed by atoms with E-state index in [1.807, 2.05) is 0 Å². The summed E-state index contributed by atoms with van der Waals surface area (Å²) in [4.78, 5) is 25.0. The van der Waals surface area contributed by atoms with Crippen LogP contribution in [-0.4, -0.2) is 18.0 Å². The molecular weight excluding hydrogens is 341 g/mol. The highest BCUT2D eigenvalue weighted by Crippen LogP contribution is 2.35. The van der Waals surface area contributed by atoms with Crippen molar-refractivity contribution in [2.24, 2.45) is 5.73 Å². The molecule has 1 fully saturated rings. The van der Waals surface area contributed by atoms with Crippen molar-refractivity contribution >= 4 is 29.0 Å². The van der Waals surface area contributed by atoms with Crippen molar-refractivity contribution in [3.63, 3.8) is 0 Å². The molecule has 1 aliphatic rings. The number of amides is 3. The average Bonchev–Trinajstić information content (AvgIpc) is 2.99. The molecule has 0 bridgehead atoms. The molecule has 4 N–H and O–H groups in total. The molecule has 7 heteroatoms. The second-order valence-electron chi connectivity index (χ2n) is 6.16. The second kappa shape index (κ2) is 7.65. The van der Waals surface area contributed by atoms with Gasteiger partial charge in [0.2, 0.25) is 0 Å². The monoisotopic (exact) mass is 361 g/mol. The lowest BCUT2D eigenvalue weighted by molar-refractivity contribution is 0.0932. The molecule has 0 radical (unpaired) electrons. The number of rotatable bonds is 4. The van der Waals surface area contributed by atoms with Gasteiger partial charge in [0.25, 0.3) is 5.91 Å². The molecule has 0 atom stereocenters. The van der Waals surface area contributed by atoms with Gasteiger partial charge in [-0.2, -0.15) is 0 Å². The van der Waals surface area contributed by atoms with Crippen molar-refractivity contribution in [3.05, 3.63) is 41.0 Å². The third-order valence-electron chi connectivity index (χ3n) is 4.25. The summed E-state index contributed by atoms with van der Waals surface area (Å²) in [5, 5.41) is 5.52. The summed E-state index contributed by atoms with van der Waals surface area (Å²) in [6.45, 7) is 0. The van der Waals surface area contributed by atoms with Crippen LogP contribution in [0.1, 0.15) is 41.8 Å². The molecule has 3 amide bonds. The van der Waals surface area contributed by atoms with E-state index in [0.717, 1.165) is 25.7 Å². The predicted molar refractivity (Wildman–Crippen MR) is 97.3 cm³/mol. The molecule has 0 saturated heterocycles. The SMILES string of the molecule is NC(=O)Nc1cc(-c2cccc(F)c2)sc1C(=O)NC1CCCCC1. The van der Waals surface area contributed by atoms with Gasteiger partial charge in [0, 0.05) is 10.9 Å². The normalized spacial score (nSPS) is 14.9. The number of hydrogen-bond acceptors (Lipinski definition) is 3.